The number of carbonyl (C=O) groups is 1. The minimum atomic E-state index is 0.550. The molecule has 3 rings (SSSR count). The Bertz CT molecular complexity index is 574. The van der Waals surface area contributed by atoms with E-state index in [1.54, 1.807) is 0 Å². The summed E-state index contributed by atoms with van der Waals surface area (Å²) in [4.78, 5) is 18.0. The highest BCUT2D eigenvalue weighted by Gasteiger charge is 2.14. The van der Waals surface area contributed by atoms with Gasteiger partial charge in [-0.05, 0) is 30.7 Å². The van der Waals surface area contributed by atoms with Crippen molar-refractivity contribution >= 4 is 22.9 Å². The number of hydrogen-bond acceptors (Lipinski definition) is 3. The zero-order chi connectivity index (χ0) is 12.4. The summed E-state index contributed by atoms with van der Waals surface area (Å²) in [5.74, 6) is 0.940. The second-order valence-electron chi connectivity index (χ2n) is 4.75. The van der Waals surface area contributed by atoms with E-state index in [0.717, 1.165) is 36.0 Å². The Kier molecular flexibility index (Phi) is 2.97. The van der Waals surface area contributed by atoms with Crippen LogP contribution in [0.5, 0.6) is 0 Å². The van der Waals surface area contributed by atoms with Gasteiger partial charge in [0, 0.05) is 18.5 Å². The molecular formula is C15H16N2O. The smallest absolute Gasteiger partial charge is 0.169 e. The first-order valence-corrected chi connectivity index (χ1v) is 6.48. The molecular weight excluding hydrogens is 224 g/mol. The maximum atomic E-state index is 11.2. The number of nitrogens with zero attached hydrogens (tertiary/aromatic N) is 2. The molecule has 3 heteroatoms. The zero-order valence-corrected chi connectivity index (χ0v) is 10.3. The molecule has 2 heterocycles. The average Bonchev–Trinajstić information content (AvgIpc) is 2.47. The van der Waals surface area contributed by atoms with Crippen molar-refractivity contribution in [1.82, 2.24) is 4.98 Å². The number of carbonyl (C=O) groups excluding carboxylic acids is 1. The van der Waals surface area contributed by atoms with Gasteiger partial charge < -0.3 is 4.90 Å². The Balaban J connectivity index is 2.09. The standard InChI is InChI=1S/C15H16N2O/c18-11-14-13-7-3-2-6-12(13)10-15(16-14)17-8-4-1-5-9-17/h2-3,6-7,10-11H,1,4-5,8-9H2. The average molecular weight is 240 g/mol. The fourth-order valence-electron chi connectivity index (χ4n) is 2.59. The van der Waals surface area contributed by atoms with Crippen LogP contribution in [0, 0.1) is 0 Å². The largest absolute Gasteiger partial charge is 0.357 e. The lowest BCUT2D eigenvalue weighted by molar-refractivity contribution is 0.112. The van der Waals surface area contributed by atoms with Crippen molar-refractivity contribution in [1.29, 1.82) is 0 Å². The van der Waals surface area contributed by atoms with Gasteiger partial charge in [-0.25, -0.2) is 4.98 Å². The minimum Gasteiger partial charge on any atom is -0.357 e. The van der Waals surface area contributed by atoms with Gasteiger partial charge in [-0.15, -0.1) is 0 Å². The normalized spacial score (nSPS) is 15.9. The van der Waals surface area contributed by atoms with Gasteiger partial charge >= 0.3 is 0 Å². The Morgan fingerprint density at radius 3 is 2.67 bits per heavy atom. The topological polar surface area (TPSA) is 33.2 Å². The van der Waals surface area contributed by atoms with E-state index in [0.29, 0.717) is 5.69 Å². The van der Waals surface area contributed by atoms with Crippen LogP contribution in [0.4, 0.5) is 5.82 Å². The van der Waals surface area contributed by atoms with E-state index in [-0.39, 0.29) is 0 Å². The molecule has 0 atom stereocenters. The van der Waals surface area contributed by atoms with Crippen LogP contribution in [0.2, 0.25) is 0 Å². The molecule has 1 saturated heterocycles. The molecule has 0 amide bonds. The molecule has 1 aromatic carbocycles. The second kappa shape index (κ2) is 4.77. The zero-order valence-electron chi connectivity index (χ0n) is 10.3. The summed E-state index contributed by atoms with van der Waals surface area (Å²) in [5, 5.41) is 2.03. The molecule has 1 aromatic heterocycles. The molecule has 2 aromatic rings. The van der Waals surface area contributed by atoms with E-state index in [1.807, 2.05) is 24.3 Å². The van der Waals surface area contributed by atoms with Crippen LogP contribution >= 0.6 is 0 Å². The van der Waals surface area contributed by atoms with Gasteiger partial charge in [-0.3, -0.25) is 4.79 Å². The van der Waals surface area contributed by atoms with E-state index in [9.17, 15) is 4.79 Å². The highest BCUT2D eigenvalue weighted by molar-refractivity contribution is 5.97. The Labute approximate surface area is 106 Å². The molecule has 1 aliphatic rings. The molecule has 18 heavy (non-hydrogen) atoms. The maximum absolute atomic E-state index is 11.2. The Hall–Kier alpha value is -1.90. The molecule has 3 nitrogen and oxygen atoms in total. The first kappa shape index (κ1) is 11.2. The molecule has 0 aliphatic carbocycles. The van der Waals surface area contributed by atoms with Crippen LogP contribution in [0.15, 0.2) is 30.3 Å². The Morgan fingerprint density at radius 2 is 1.89 bits per heavy atom. The molecule has 92 valence electrons. The van der Waals surface area contributed by atoms with Crippen LogP contribution in [-0.2, 0) is 0 Å². The summed E-state index contributed by atoms with van der Waals surface area (Å²) >= 11 is 0. The molecule has 0 bridgehead atoms. The Morgan fingerprint density at radius 1 is 1.11 bits per heavy atom. The number of pyridine rings is 1. The van der Waals surface area contributed by atoms with Gasteiger partial charge in [0.2, 0.25) is 0 Å². The van der Waals surface area contributed by atoms with Crippen molar-refractivity contribution in [3.05, 3.63) is 36.0 Å². The molecule has 0 radical (unpaired) electrons. The van der Waals surface area contributed by atoms with Crippen LogP contribution in [-0.4, -0.2) is 24.4 Å². The van der Waals surface area contributed by atoms with Gasteiger partial charge in [0.1, 0.15) is 11.5 Å². The lowest BCUT2D eigenvalue weighted by Gasteiger charge is -2.28. The fraction of sp³-hybridized carbons (Fsp3) is 0.333. The van der Waals surface area contributed by atoms with Crippen molar-refractivity contribution in [2.75, 3.05) is 18.0 Å². The monoisotopic (exact) mass is 240 g/mol. The number of aldehydes is 1. The molecule has 1 fully saturated rings. The SMILES string of the molecule is O=Cc1nc(N2CCCCC2)cc2ccccc12. The van der Waals surface area contributed by atoms with E-state index in [2.05, 4.69) is 16.0 Å². The lowest BCUT2D eigenvalue weighted by Crippen LogP contribution is -2.30. The summed E-state index contributed by atoms with van der Waals surface area (Å²) in [7, 11) is 0. The predicted molar refractivity (Wildman–Crippen MR) is 73.2 cm³/mol. The van der Waals surface area contributed by atoms with Gasteiger partial charge in [-0.1, -0.05) is 24.3 Å². The number of benzene rings is 1. The number of piperidine rings is 1. The third-order valence-electron chi connectivity index (χ3n) is 3.55. The lowest BCUT2D eigenvalue weighted by atomic mass is 10.1. The first-order valence-electron chi connectivity index (χ1n) is 6.48. The van der Waals surface area contributed by atoms with Crippen LogP contribution in [0.1, 0.15) is 29.8 Å². The van der Waals surface area contributed by atoms with Gasteiger partial charge in [0.15, 0.2) is 6.29 Å². The van der Waals surface area contributed by atoms with Crippen molar-refractivity contribution < 1.29 is 4.79 Å². The first-order chi connectivity index (χ1) is 8.88. The number of aromatic nitrogens is 1. The van der Waals surface area contributed by atoms with Crippen LogP contribution in [0.25, 0.3) is 10.8 Å². The molecule has 0 spiro atoms. The van der Waals surface area contributed by atoms with Crippen molar-refractivity contribution in [2.24, 2.45) is 0 Å². The molecule has 0 saturated carbocycles. The minimum absolute atomic E-state index is 0.550. The molecule has 0 N–H and O–H groups in total. The van der Waals surface area contributed by atoms with Gasteiger partial charge in [0.25, 0.3) is 0 Å². The van der Waals surface area contributed by atoms with Gasteiger partial charge in [-0.2, -0.15) is 0 Å². The predicted octanol–water partition coefficient (Wildman–Crippen LogP) is 3.04. The highest BCUT2D eigenvalue weighted by Crippen LogP contribution is 2.24. The number of fused-ring (bicyclic) bond motifs is 1. The summed E-state index contributed by atoms with van der Waals surface area (Å²) in [5.41, 5.74) is 0.550. The van der Waals surface area contributed by atoms with Crippen LogP contribution < -0.4 is 4.90 Å². The van der Waals surface area contributed by atoms with E-state index < -0.39 is 0 Å². The third kappa shape index (κ3) is 1.96. The van der Waals surface area contributed by atoms with Gasteiger partial charge in [0.05, 0.1) is 0 Å². The maximum Gasteiger partial charge on any atom is 0.169 e. The number of rotatable bonds is 2. The second-order valence-corrected chi connectivity index (χ2v) is 4.75. The summed E-state index contributed by atoms with van der Waals surface area (Å²) in [6, 6.07) is 10.0. The van der Waals surface area contributed by atoms with Crippen LogP contribution in [0.3, 0.4) is 0 Å². The highest BCUT2D eigenvalue weighted by atomic mass is 16.1. The summed E-state index contributed by atoms with van der Waals surface area (Å²) < 4.78 is 0. The van der Waals surface area contributed by atoms with E-state index in [1.165, 1.54) is 19.3 Å². The van der Waals surface area contributed by atoms with Crippen molar-refractivity contribution in [3.8, 4) is 0 Å². The third-order valence-corrected chi connectivity index (χ3v) is 3.55. The molecule has 0 unspecified atom stereocenters. The van der Waals surface area contributed by atoms with Crippen molar-refractivity contribution in [3.63, 3.8) is 0 Å². The van der Waals surface area contributed by atoms with E-state index >= 15 is 0 Å². The quantitative estimate of drug-likeness (QED) is 0.756. The number of anilines is 1. The summed E-state index contributed by atoms with van der Waals surface area (Å²) in [6.07, 6.45) is 4.58. The van der Waals surface area contributed by atoms with E-state index in [4.69, 9.17) is 0 Å². The summed E-state index contributed by atoms with van der Waals surface area (Å²) in [6.45, 7) is 2.09. The fourth-order valence-corrected chi connectivity index (χ4v) is 2.59. The number of hydrogen-bond donors (Lipinski definition) is 0. The van der Waals surface area contributed by atoms with Crippen molar-refractivity contribution in [2.45, 2.75) is 19.3 Å². The molecule has 1 aliphatic heterocycles.